The van der Waals surface area contributed by atoms with E-state index in [2.05, 4.69) is 31.9 Å². The summed E-state index contributed by atoms with van der Waals surface area (Å²) in [5, 5.41) is 0. The highest BCUT2D eigenvalue weighted by atomic mass is 79.9. The molecule has 5 heteroatoms. The molecule has 0 unspecified atom stereocenters. The molecule has 0 aliphatic rings. The van der Waals surface area contributed by atoms with Gasteiger partial charge in [-0.15, -0.1) is 11.3 Å². The Hall–Kier alpha value is -0.650. The van der Waals surface area contributed by atoms with Gasteiger partial charge in [0.15, 0.2) is 0 Å². The Kier molecular flexibility index (Phi) is 4.36. The van der Waals surface area contributed by atoms with Gasteiger partial charge in [-0.05, 0) is 43.5 Å². The number of halogens is 2. The molecule has 0 saturated heterocycles. The van der Waals surface area contributed by atoms with Gasteiger partial charge in [-0.3, -0.25) is 0 Å². The first-order chi connectivity index (χ1) is 8.16. The fourth-order valence-corrected chi connectivity index (χ4v) is 3.17. The molecular formula is C12H8Br2O2S. The van der Waals surface area contributed by atoms with Crippen LogP contribution in [0.15, 0.2) is 44.7 Å². The molecule has 0 fully saturated rings. The van der Waals surface area contributed by atoms with Crippen LogP contribution in [-0.4, -0.2) is 5.97 Å². The molecule has 0 aliphatic carbocycles. The van der Waals surface area contributed by atoms with Crippen LogP contribution in [0, 0.1) is 0 Å². The van der Waals surface area contributed by atoms with Crippen LogP contribution in [0.25, 0.3) is 0 Å². The monoisotopic (exact) mass is 374 g/mol. The van der Waals surface area contributed by atoms with E-state index >= 15 is 0 Å². The summed E-state index contributed by atoms with van der Waals surface area (Å²) in [6, 6.07) is 11.4. The van der Waals surface area contributed by atoms with Gasteiger partial charge in [0, 0.05) is 4.47 Å². The Morgan fingerprint density at radius 3 is 2.53 bits per heavy atom. The van der Waals surface area contributed by atoms with Gasteiger partial charge in [0.2, 0.25) is 0 Å². The quantitative estimate of drug-likeness (QED) is 0.731. The third-order valence-corrected chi connectivity index (χ3v) is 5.30. The van der Waals surface area contributed by atoms with Crippen molar-refractivity contribution < 1.29 is 9.53 Å². The first-order valence-electron chi connectivity index (χ1n) is 4.82. The molecule has 0 spiro atoms. The zero-order chi connectivity index (χ0) is 12.3. The van der Waals surface area contributed by atoms with Gasteiger partial charge in [0.25, 0.3) is 0 Å². The highest BCUT2D eigenvalue weighted by Gasteiger charge is 2.13. The molecule has 0 atom stereocenters. The van der Waals surface area contributed by atoms with Gasteiger partial charge in [-0.2, -0.15) is 0 Å². The van der Waals surface area contributed by atoms with Crippen molar-refractivity contribution in [3.8, 4) is 0 Å². The maximum atomic E-state index is 11.7. The van der Waals surface area contributed by atoms with E-state index in [1.165, 1.54) is 11.3 Å². The van der Waals surface area contributed by atoms with E-state index in [1.807, 2.05) is 30.3 Å². The lowest BCUT2D eigenvalue weighted by atomic mass is 10.2. The van der Waals surface area contributed by atoms with Crippen LogP contribution in [0.2, 0.25) is 0 Å². The summed E-state index contributed by atoms with van der Waals surface area (Å²) in [6.45, 7) is 0.298. The molecule has 1 aromatic heterocycles. The predicted octanol–water partition coefficient (Wildman–Crippen LogP) is 4.63. The van der Waals surface area contributed by atoms with Crippen molar-refractivity contribution in [2.45, 2.75) is 6.61 Å². The molecule has 17 heavy (non-hydrogen) atoms. The highest BCUT2D eigenvalue weighted by Crippen LogP contribution is 2.32. The second kappa shape index (κ2) is 5.80. The SMILES string of the molecule is O=C(OCc1ccccc1)c1cc(Br)c(Br)s1. The van der Waals surface area contributed by atoms with E-state index in [-0.39, 0.29) is 5.97 Å². The van der Waals surface area contributed by atoms with E-state index < -0.39 is 0 Å². The number of hydrogen-bond acceptors (Lipinski definition) is 3. The lowest BCUT2D eigenvalue weighted by Gasteiger charge is -2.02. The summed E-state index contributed by atoms with van der Waals surface area (Å²) in [6.07, 6.45) is 0. The van der Waals surface area contributed by atoms with Crippen LogP contribution < -0.4 is 0 Å². The molecule has 0 radical (unpaired) electrons. The average molecular weight is 376 g/mol. The molecular weight excluding hydrogens is 368 g/mol. The number of carbonyl (C=O) groups excluding carboxylic acids is 1. The van der Waals surface area contributed by atoms with Crippen LogP contribution in [0.3, 0.4) is 0 Å². The van der Waals surface area contributed by atoms with E-state index in [0.29, 0.717) is 11.5 Å². The van der Waals surface area contributed by atoms with E-state index in [0.717, 1.165) is 13.8 Å². The van der Waals surface area contributed by atoms with Crippen LogP contribution >= 0.6 is 43.2 Å². The second-order valence-corrected chi connectivity index (χ2v) is 6.52. The molecule has 2 nitrogen and oxygen atoms in total. The summed E-state index contributed by atoms with van der Waals surface area (Å²) >= 11 is 8.03. The minimum absolute atomic E-state index is 0.298. The number of benzene rings is 1. The molecule has 0 bridgehead atoms. The molecule has 1 aromatic carbocycles. The first-order valence-corrected chi connectivity index (χ1v) is 7.23. The minimum atomic E-state index is -0.301. The van der Waals surface area contributed by atoms with E-state index in [4.69, 9.17) is 4.74 Å². The first kappa shape index (κ1) is 12.8. The van der Waals surface area contributed by atoms with Gasteiger partial charge in [-0.25, -0.2) is 4.79 Å². The molecule has 2 aromatic rings. The third-order valence-electron chi connectivity index (χ3n) is 2.06. The number of hydrogen-bond donors (Lipinski definition) is 0. The summed E-state index contributed by atoms with van der Waals surface area (Å²) < 4.78 is 6.97. The second-order valence-electron chi connectivity index (χ2n) is 3.29. The maximum Gasteiger partial charge on any atom is 0.348 e. The number of rotatable bonds is 3. The lowest BCUT2D eigenvalue weighted by Crippen LogP contribution is -2.02. The molecule has 0 N–H and O–H groups in total. The van der Waals surface area contributed by atoms with Crippen molar-refractivity contribution in [2.24, 2.45) is 0 Å². The molecule has 0 amide bonds. The maximum absolute atomic E-state index is 11.7. The van der Waals surface area contributed by atoms with Crippen molar-refractivity contribution in [1.82, 2.24) is 0 Å². The third kappa shape index (κ3) is 3.40. The Balaban J connectivity index is 1.98. The fourth-order valence-electron chi connectivity index (χ4n) is 1.24. The average Bonchev–Trinajstić information content (AvgIpc) is 2.68. The van der Waals surface area contributed by atoms with E-state index in [1.54, 1.807) is 6.07 Å². The minimum Gasteiger partial charge on any atom is -0.457 e. The van der Waals surface area contributed by atoms with Gasteiger partial charge >= 0.3 is 5.97 Å². The van der Waals surface area contributed by atoms with Gasteiger partial charge in [0.05, 0.1) is 3.79 Å². The molecule has 0 saturated carbocycles. The Bertz CT molecular complexity index is 503. The zero-order valence-corrected chi connectivity index (χ0v) is 12.6. The Labute approximate surface area is 120 Å². The predicted molar refractivity (Wildman–Crippen MR) is 75.3 cm³/mol. The molecule has 1 heterocycles. The van der Waals surface area contributed by atoms with Crippen LogP contribution in [0.1, 0.15) is 15.2 Å². The summed E-state index contributed by atoms with van der Waals surface area (Å²) in [4.78, 5) is 12.3. The topological polar surface area (TPSA) is 26.3 Å². The fraction of sp³-hybridized carbons (Fsp3) is 0.0833. The van der Waals surface area contributed by atoms with Crippen LogP contribution in [-0.2, 0) is 11.3 Å². The van der Waals surface area contributed by atoms with E-state index in [9.17, 15) is 4.79 Å². The number of thiophene rings is 1. The highest BCUT2D eigenvalue weighted by molar-refractivity contribution is 9.13. The molecule has 0 aliphatic heterocycles. The largest absolute Gasteiger partial charge is 0.457 e. The van der Waals surface area contributed by atoms with Gasteiger partial charge < -0.3 is 4.74 Å². The van der Waals surface area contributed by atoms with Crippen LogP contribution in [0.5, 0.6) is 0 Å². The van der Waals surface area contributed by atoms with Crippen LogP contribution in [0.4, 0.5) is 0 Å². The Morgan fingerprint density at radius 2 is 1.94 bits per heavy atom. The van der Waals surface area contributed by atoms with Gasteiger partial charge in [0.1, 0.15) is 11.5 Å². The number of carbonyl (C=O) groups is 1. The van der Waals surface area contributed by atoms with Crippen molar-refractivity contribution in [3.05, 3.63) is 55.1 Å². The smallest absolute Gasteiger partial charge is 0.348 e. The Morgan fingerprint density at radius 1 is 1.24 bits per heavy atom. The molecule has 88 valence electrons. The lowest BCUT2D eigenvalue weighted by molar-refractivity contribution is 0.0478. The standard InChI is InChI=1S/C12H8Br2O2S/c13-9-6-10(17-11(9)14)12(15)16-7-8-4-2-1-3-5-8/h1-6H,7H2. The van der Waals surface area contributed by atoms with Crippen molar-refractivity contribution in [3.63, 3.8) is 0 Å². The number of esters is 1. The van der Waals surface area contributed by atoms with Crippen molar-refractivity contribution in [1.29, 1.82) is 0 Å². The normalized spacial score (nSPS) is 10.2. The molecule has 2 rings (SSSR count). The summed E-state index contributed by atoms with van der Waals surface area (Å²) in [7, 11) is 0. The number of ether oxygens (including phenoxy) is 1. The zero-order valence-electron chi connectivity index (χ0n) is 8.65. The van der Waals surface area contributed by atoms with Crippen molar-refractivity contribution >= 4 is 49.2 Å². The van der Waals surface area contributed by atoms with Crippen molar-refractivity contribution in [2.75, 3.05) is 0 Å². The summed E-state index contributed by atoms with van der Waals surface area (Å²) in [5.41, 5.74) is 0.982. The van der Waals surface area contributed by atoms with Gasteiger partial charge in [-0.1, -0.05) is 30.3 Å². The summed E-state index contributed by atoms with van der Waals surface area (Å²) in [5.74, 6) is -0.301.